The zero-order valence-corrected chi connectivity index (χ0v) is 8.68. The molecule has 3 atom stereocenters. The molecule has 0 N–H and O–H groups in total. The van der Waals surface area contributed by atoms with Gasteiger partial charge >= 0.3 is 0 Å². The lowest BCUT2D eigenvalue weighted by Crippen LogP contribution is -2.15. The van der Waals surface area contributed by atoms with Crippen LogP contribution in [0.2, 0.25) is 6.04 Å². The standard InChI is InChI=1S/C8H16OSi/c10-4-3-6-5-7-1-2-8(6)9-7/h6-8H,1-5H2,10H3. The molecule has 1 nitrogen and oxygen atoms in total. The summed E-state index contributed by atoms with van der Waals surface area (Å²) in [5.41, 5.74) is 0. The van der Waals surface area contributed by atoms with Crippen molar-refractivity contribution >= 4 is 10.2 Å². The largest absolute Gasteiger partial charge is 0.375 e. The second-order valence-corrected chi connectivity index (χ2v) is 4.66. The van der Waals surface area contributed by atoms with Gasteiger partial charge < -0.3 is 4.74 Å². The summed E-state index contributed by atoms with van der Waals surface area (Å²) in [5.74, 6) is 0.955. The summed E-state index contributed by atoms with van der Waals surface area (Å²) < 4.78 is 5.75. The van der Waals surface area contributed by atoms with E-state index in [1.54, 1.807) is 0 Å². The molecule has 0 saturated carbocycles. The Hall–Kier alpha value is 0.177. The van der Waals surface area contributed by atoms with E-state index >= 15 is 0 Å². The van der Waals surface area contributed by atoms with E-state index < -0.39 is 0 Å². The average Bonchev–Trinajstić information content (AvgIpc) is 2.48. The van der Waals surface area contributed by atoms with Crippen LogP contribution in [-0.4, -0.2) is 22.5 Å². The van der Waals surface area contributed by atoms with Crippen molar-refractivity contribution in [3.63, 3.8) is 0 Å². The van der Waals surface area contributed by atoms with E-state index in [9.17, 15) is 0 Å². The van der Waals surface area contributed by atoms with E-state index in [0.717, 1.165) is 5.92 Å². The third-order valence-corrected chi connectivity index (χ3v) is 3.47. The molecule has 0 amide bonds. The molecule has 2 fully saturated rings. The molecule has 10 heavy (non-hydrogen) atoms. The summed E-state index contributed by atoms with van der Waals surface area (Å²) in [6, 6.07) is 1.47. The molecule has 0 aromatic carbocycles. The van der Waals surface area contributed by atoms with Crippen LogP contribution in [0.4, 0.5) is 0 Å². The van der Waals surface area contributed by atoms with Gasteiger partial charge in [-0.05, 0) is 25.2 Å². The topological polar surface area (TPSA) is 9.23 Å². The minimum Gasteiger partial charge on any atom is -0.375 e. The summed E-state index contributed by atoms with van der Waals surface area (Å²) in [7, 11) is 1.38. The van der Waals surface area contributed by atoms with E-state index in [0.29, 0.717) is 12.2 Å². The second kappa shape index (κ2) is 2.66. The van der Waals surface area contributed by atoms with Crippen LogP contribution < -0.4 is 0 Å². The highest BCUT2D eigenvalue weighted by molar-refractivity contribution is 6.08. The molecule has 58 valence electrons. The molecule has 2 heterocycles. The third-order valence-electron chi connectivity index (χ3n) is 2.89. The van der Waals surface area contributed by atoms with Crippen LogP contribution in [0.15, 0.2) is 0 Å². The molecule has 2 saturated heterocycles. The summed E-state index contributed by atoms with van der Waals surface area (Å²) in [5, 5.41) is 0. The normalized spacial score (nSPS) is 45.0. The van der Waals surface area contributed by atoms with E-state index in [2.05, 4.69) is 0 Å². The van der Waals surface area contributed by atoms with E-state index in [1.165, 1.54) is 42.0 Å². The van der Waals surface area contributed by atoms with Gasteiger partial charge in [-0.25, -0.2) is 0 Å². The van der Waals surface area contributed by atoms with Gasteiger partial charge in [0.2, 0.25) is 0 Å². The van der Waals surface area contributed by atoms with Gasteiger partial charge in [-0.15, -0.1) is 0 Å². The first-order chi connectivity index (χ1) is 4.90. The van der Waals surface area contributed by atoms with Crippen molar-refractivity contribution in [2.45, 2.75) is 43.9 Å². The monoisotopic (exact) mass is 156 g/mol. The van der Waals surface area contributed by atoms with Crippen molar-refractivity contribution < 1.29 is 4.74 Å². The van der Waals surface area contributed by atoms with Gasteiger partial charge in [-0.1, -0.05) is 12.5 Å². The second-order valence-electron chi connectivity index (χ2n) is 3.66. The van der Waals surface area contributed by atoms with Crippen molar-refractivity contribution in [2.24, 2.45) is 5.92 Å². The molecule has 0 spiro atoms. The third kappa shape index (κ3) is 1.03. The Balaban J connectivity index is 1.90. The molecule has 2 rings (SSSR count). The minimum absolute atomic E-state index is 0.670. The Morgan fingerprint density at radius 1 is 1.40 bits per heavy atom. The van der Waals surface area contributed by atoms with Crippen LogP contribution >= 0.6 is 0 Å². The van der Waals surface area contributed by atoms with E-state index in [-0.39, 0.29) is 0 Å². The number of rotatable bonds is 2. The molecule has 2 bridgehead atoms. The first-order valence-electron chi connectivity index (χ1n) is 4.55. The van der Waals surface area contributed by atoms with E-state index in [1.807, 2.05) is 0 Å². The van der Waals surface area contributed by atoms with Gasteiger partial charge in [0.1, 0.15) is 0 Å². The lowest BCUT2D eigenvalue weighted by Gasteiger charge is -2.16. The Bertz CT molecular complexity index is 126. The SMILES string of the molecule is [SiH3]CCC1CC2CCC1O2. The molecule has 2 heteroatoms. The maximum atomic E-state index is 5.75. The Morgan fingerprint density at radius 3 is 2.80 bits per heavy atom. The van der Waals surface area contributed by atoms with Crippen molar-refractivity contribution in [3.8, 4) is 0 Å². The first kappa shape index (κ1) is 6.86. The molecule has 2 aliphatic rings. The molecule has 0 aromatic heterocycles. The van der Waals surface area contributed by atoms with Gasteiger partial charge in [-0.3, -0.25) is 0 Å². The highest BCUT2D eigenvalue weighted by Gasteiger charge is 2.39. The van der Waals surface area contributed by atoms with Crippen molar-refractivity contribution in [3.05, 3.63) is 0 Å². The van der Waals surface area contributed by atoms with Crippen molar-refractivity contribution in [2.75, 3.05) is 0 Å². The fourth-order valence-electron chi connectivity index (χ4n) is 2.42. The lowest BCUT2D eigenvalue weighted by molar-refractivity contribution is 0.0920. The highest BCUT2D eigenvalue weighted by Crippen LogP contribution is 2.40. The summed E-state index contributed by atoms with van der Waals surface area (Å²) >= 11 is 0. The van der Waals surface area contributed by atoms with Crippen LogP contribution in [0.3, 0.4) is 0 Å². The molecule has 2 aliphatic heterocycles. The molecule has 3 unspecified atom stereocenters. The summed E-state index contributed by atoms with van der Waals surface area (Å²) in [4.78, 5) is 0. The van der Waals surface area contributed by atoms with Crippen LogP contribution in [0.5, 0.6) is 0 Å². The fraction of sp³-hybridized carbons (Fsp3) is 1.00. The van der Waals surface area contributed by atoms with Gasteiger partial charge in [0.25, 0.3) is 0 Å². The molecule has 0 aliphatic carbocycles. The molecular weight excluding hydrogens is 140 g/mol. The number of hydrogen-bond acceptors (Lipinski definition) is 1. The summed E-state index contributed by atoms with van der Waals surface area (Å²) in [6.45, 7) is 0. The van der Waals surface area contributed by atoms with Gasteiger partial charge in [0.15, 0.2) is 0 Å². The zero-order chi connectivity index (χ0) is 6.97. The molecule has 0 aromatic rings. The summed E-state index contributed by atoms with van der Waals surface area (Å²) in [6.07, 6.45) is 6.89. The quantitative estimate of drug-likeness (QED) is 0.536. The molecular formula is C8H16OSi. The number of ether oxygens (including phenoxy) is 1. The van der Waals surface area contributed by atoms with Gasteiger partial charge in [-0.2, -0.15) is 0 Å². The van der Waals surface area contributed by atoms with Crippen molar-refractivity contribution in [1.29, 1.82) is 0 Å². The Labute approximate surface area is 65.6 Å². The lowest BCUT2D eigenvalue weighted by atomic mass is 9.87. The van der Waals surface area contributed by atoms with E-state index in [4.69, 9.17) is 4.74 Å². The average molecular weight is 156 g/mol. The maximum Gasteiger partial charge on any atom is 0.0608 e. The maximum absolute atomic E-state index is 5.75. The number of hydrogen-bond donors (Lipinski definition) is 0. The highest BCUT2D eigenvalue weighted by atomic mass is 28.1. The fourth-order valence-corrected chi connectivity index (χ4v) is 3.16. The van der Waals surface area contributed by atoms with Crippen LogP contribution in [0.25, 0.3) is 0 Å². The van der Waals surface area contributed by atoms with Crippen molar-refractivity contribution in [1.82, 2.24) is 0 Å². The minimum atomic E-state index is 0.670. The first-order valence-corrected chi connectivity index (χ1v) is 5.97. The Kier molecular flexibility index (Phi) is 1.83. The van der Waals surface area contributed by atoms with Gasteiger partial charge in [0.05, 0.1) is 12.2 Å². The smallest absolute Gasteiger partial charge is 0.0608 e. The predicted molar refractivity (Wildman–Crippen MR) is 45.4 cm³/mol. The predicted octanol–water partition coefficient (Wildman–Crippen LogP) is 0.728. The van der Waals surface area contributed by atoms with Crippen LogP contribution in [0, 0.1) is 5.92 Å². The Morgan fingerprint density at radius 2 is 2.30 bits per heavy atom. The van der Waals surface area contributed by atoms with Crippen LogP contribution in [0.1, 0.15) is 25.7 Å². The molecule has 0 radical (unpaired) electrons. The van der Waals surface area contributed by atoms with Crippen LogP contribution in [-0.2, 0) is 4.74 Å². The zero-order valence-electron chi connectivity index (χ0n) is 6.68. The number of fused-ring (bicyclic) bond motifs is 2. The van der Waals surface area contributed by atoms with Gasteiger partial charge in [0, 0.05) is 10.2 Å².